The smallest absolute Gasteiger partial charge is 0.231 e. The van der Waals surface area contributed by atoms with E-state index in [9.17, 15) is 13.2 Å². The Kier molecular flexibility index (Phi) is 4.32. The largest absolute Gasteiger partial charge is 0.312 e. The molecular formula is C14H20N2O3S. The lowest BCUT2D eigenvalue weighted by Crippen LogP contribution is -2.27. The van der Waals surface area contributed by atoms with Crippen LogP contribution in [0.3, 0.4) is 0 Å². The lowest BCUT2D eigenvalue weighted by atomic mass is 10.1. The minimum Gasteiger partial charge on any atom is -0.312 e. The second kappa shape index (κ2) is 5.83. The van der Waals surface area contributed by atoms with E-state index >= 15 is 0 Å². The van der Waals surface area contributed by atoms with Gasteiger partial charge in [-0.2, -0.15) is 0 Å². The molecule has 0 spiro atoms. The number of fused-ring (bicyclic) bond motifs is 1. The van der Waals surface area contributed by atoms with Crippen LogP contribution in [0.15, 0.2) is 18.2 Å². The Balaban J connectivity index is 2.16. The number of carbonyl (C=O) groups is 1. The predicted octanol–water partition coefficient (Wildman–Crippen LogP) is 2.14. The van der Waals surface area contributed by atoms with Crippen LogP contribution in [0.5, 0.6) is 0 Å². The maximum Gasteiger partial charge on any atom is 0.231 e. The van der Waals surface area contributed by atoms with Crippen molar-refractivity contribution in [3.63, 3.8) is 0 Å². The molecule has 0 radical (unpaired) electrons. The number of nitrogens with zero attached hydrogens (tertiary/aromatic N) is 1. The predicted molar refractivity (Wildman–Crippen MR) is 80.5 cm³/mol. The average Bonchev–Trinajstić information content (AvgIpc) is 2.63. The van der Waals surface area contributed by atoms with E-state index in [4.69, 9.17) is 0 Å². The van der Waals surface area contributed by atoms with E-state index in [1.165, 1.54) is 0 Å². The number of anilines is 2. The molecule has 0 unspecified atom stereocenters. The Morgan fingerprint density at radius 1 is 1.30 bits per heavy atom. The molecule has 0 saturated heterocycles. The number of benzene rings is 1. The first-order valence-corrected chi connectivity index (χ1v) is 8.71. The van der Waals surface area contributed by atoms with Gasteiger partial charge in [-0.1, -0.05) is 19.8 Å². The highest BCUT2D eigenvalue weighted by Crippen LogP contribution is 2.31. The summed E-state index contributed by atoms with van der Waals surface area (Å²) in [6, 6.07) is 5.26. The molecule has 1 aromatic carbocycles. The molecule has 6 heteroatoms. The van der Waals surface area contributed by atoms with Crippen molar-refractivity contribution >= 4 is 27.3 Å². The van der Waals surface area contributed by atoms with Crippen molar-refractivity contribution in [1.29, 1.82) is 0 Å². The van der Waals surface area contributed by atoms with Crippen molar-refractivity contribution in [2.75, 3.05) is 22.4 Å². The van der Waals surface area contributed by atoms with E-state index in [0.717, 1.165) is 43.3 Å². The first-order valence-electron chi connectivity index (χ1n) is 6.82. The second-order valence-electron chi connectivity index (χ2n) is 5.15. The molecule has 5 nitrogen and oxygen atoms in total. The first kappa shape index (κ1) is 14.8. The molecule has 110 valence electrons. The van der Waals surface area contributed by atoms with E-state index in [-0.39, 0.29) is 5.91 Å². The monoisotopic (exact) mass is 296 g/mol. The summed E-state index contributed by atoms with van der Waals surface area (Å²) in [5, 5.41) is 0. The van der Waals surface area contributed by atoms with Crippen LogP contribution in [0.2, 0.25) is 0 Å². The Morgan fingerprint density at radius 2 is 2.05 bits per heavy atom. The third kappa shape index (κ3) is 3.50. The Labute approximate surface area is 120 Å². The molecule has 1 heterocycles. The number of hydrogen-bond acceptors (Lipinski definition) is 3. The van der Waals surface area contributed by atoms with E-state index in [1.54, 1.807) is 17.0 Å². The van der Waals surface area contributed by atoms with Gasteiger partial charge in [-0.25, -0.2) is 8.42 Å². The Hall–Kier alpha value is -1.56. The average molecular weight is 296 g/mol. The highest BCUT2D eigenvalue weighted by Gasteiger charge is 2.26. The van der Waals surface area contributed by atoms with Gasteiger partial charge in [-0.15, -0.1) is 0 Å². The van der Waals surface area contributed by atoms with Crippen LogP contribution < -0.4 is 9.62 Å². The fourth-order valence-corrected chi connectivity index (χ4v) is 2.98. The highest BCUT2D eigenvalue weighted by atomic mass is 32.2. The SMILES string of the molecule is CCCCCN1C(=O)Cc2cc(NS(C)(=O)=O)ccc21. The van der Waals surface area contributed by atoms with Crippen molar-refractivity contribution in [3.05, 3.63) is 23.8 Å². The summed E-state index contributed by atoms with van der Waals surface area (Å²) in [6.07, 6.45) is 4.67. The molecule has 1 aromatic rings. The number of nitrogens with one attached hydrogen (secondary N) is 1. The summed E-state index contributed by atoms with van der Waals surface area (Å²) < 4.78 is 24.9. The molecule has 1 N–H and O–H groups in total. The minimum atomic E-state index is -3.29. The topological polar surface area (TPSA) is 66.5 Å². The van der Waals surface area contributed by atoms with E-state index in [2.05, 4.69) is 11.6 Å². The molecule has 1 amide bonds. The summed E-state index contributed by atoms with van der Waals surface area (Å²) in [4.78, 5) is 13.8. The van der Waals surface area contributed by atoms with Gasteiger partial charge in [0.15, 0.2) is 0 Å². The quantitative estimate of drug-likeness (QED) is 0.818. The summed E-state index contributed by atoms with van der Waals surface area (Å²) in [7, 11) is -3.29. The molecule has 0 atom stereocenters. The molecule has 0 fully saturated rings. The van der Waals surface area contributed by atoms with Gasteiger partial charge in [0, 0.05) is 17.9 Å². The molecule has 0 aliphatic carbocycles. The molecule has 20 heavy (non-hydrogen) atoms. The van der Waals surface area contributed by atoms with Crippen LogP contribution in [-0.4, -0.2) is 27.1 Å². The zero-order valence-electron chi connectivity index (χ0n) is 11.8. The van der Waals surface area contributed by atoms with E-state index in [1.807, 2.05) is 6.07 Å². The van der Waals surface area contributed by atoms with E-state index in [0.29, 0.717) is 12.1 Å². The van der Waals surface area contributed by atoms with Crippen LogP contribution in [0.25, 0.3) is 0 Å². The van der Waals surface area contributed by atoms with Gasteiger partial charge in [0.1, 0.15) is 0 Å². The van der Waals surface area contributed by atoms with Crippen molar-refractivity contribution < 1.29 is 13.2 Å². The minimum absolute atomic E-state index is 0.0904. The first-order chi connectivity index (χ1) is 9.40. The second-order valence-corrected chi connectivity index (χ2v) is 6.90. The van der Waals surface area contributed by atoms with Gasteiger partial charge >= 0.3 is 0 Å². The number of amides is 1. The summed E-state index contributed by atoms with van der Waals surface area (Å²) >= 11 is 0. The third-order valence-electron chi connectivity index (χ3n) is 3.30. The molecule has 1 aliphatic heterocycles. The lowest BCUT2D eigenvalue weighted by molar-refractivity contribution is -0.117. The van der Waals surface area contributed by atoms with Crippen molar-refractivity contribution in [2.45, 2.75) is 32.6 Å². The van der Waals surface area contributed by atoms with Crippen molar-refractivity contribution in [2.24, 2.45) is 0 Å². The standard InChI is InChI=1S/C14H20N2O3S/c1-3-4-5-8-16-13-7-6-12(15-20(2,18)19)9-11(13)10-14(16)17/h6-7,9,15H,3-5,8,10H2,1-2H3. The molecule has 0 aromatic heterocycles. The van der Waals surface area contributed by atoms with Gasteiger partial charge in [0.25, 0.3) is 0 Å². The van der Waals surface area contributed by atoms with Crippen LogP contribution in [0.1, 0.15) is 31.7 Å². The lowest BCUT2D eigenvalue weighted by Gasteiger charge is -2.17. The number of rotatable bonds is 6. The Bertz CT molecular complexity index is 611. The van der Waals surface area contributed by atoms with Crippen LogP contribution >= 0.6 is 0 Å². The molecule has 0 bridgehead atoms. The van der Waals surface area contributed by atoms with Crippen LogP contribution in [0, 0.1) is 0 Å². The number of carbonyl (C=O) groups excluding carboxylic acids is 1. The van der Waals surface area contributed by atoms with Gasteiger partial charge in [0.05, 0.1) is 12.7 Å². The Morgan fingerprint density at radius 3 is 2.70 bits per heavy atom. The van der Waals surface area contributed by atoms with Gasteiger partial charge < -0.3 is 4.90 Å². The van der Waals surface area contributed by atoms with Gasteiger partial charge in [-0.3, -0.25) is 9.52 Å². The van der Waals surface area contributed by atoms with Gasteiger partial charge in [0.2, 0.25) is 15.9 Å². The third-order valence-corrected chi connectivity index (χ3v) is 3.91. The normalized spacial score (nSPS) is 14.5. The fourth-order valence-electron chi connectivity index (χ4n) is 2.43. The maximum absolute atomic E-state index is 12.0. The molecule has 2 rings (SSSR count). The summed E-state index contributed by atoms with van der Waals surface area (Å²) in [5.74, 6) is 0.0904. The van der Waals surface area contributed by atoms with Gasteiger partial charge in [-0.05, 0) is 30.2 Å². The van der Waals surface area contributed by atoms with Crippen molar-refractivity contribution in [1.82, 2.24) is 0 Å². The fraction of sp³-hybridized carbons (Fsp3) is 0.500. The summed E-state index contributed by atoms with van der Waals surface area (Å²) in [6.45, 7) is 2.86. The zero-order valence-corrected chi connectivity index (χ0v) is 12.7. The van der Waals surface area contributed by atoms with Crippen LogP contribution in [0.4, 0.5) is 11.4 Å². The van der Waals surface area contributed by atoms with E-state index < -0.39 is 10.0 Å². The number of sulfonamides is 1. The zero-order chi connectivity index (χ0) is 14.8. The highest BCUT2D eigenvalue weighted by molar-refractivity contribution is 7.92. The maximum atomic E-state index is 12.0. The molecule has 1 aliphatic rings. The van der Waals surface area contributed by atoms with Crippen molar-refractivity contribution in [3.8, 4) is 0 Å². The summed E-state index contributed by atoms with van der Waals surface area (Å²) in [5.41, 5.74) is 2.31. The number of hydrogen-bond donors (Lipinski definition) is 1. The van der Waals surface area contributed by atoms with Crippen LogP contribution in [-0.2, 0) is 21.2 Å². The molecular weight excluding hydrogens is 276 g/mol. The number of unbranched alkanes of at least 4 members (excludes halogenated alkanes) is 2. The molecule has 0 saturated carbocycles.